The lowest BCUT2D eigenvalue weighted by Crippen LogP contribution is -2.00. The highest BCUT2D eigenvalue weighted by Gasteiger charge is 2.27. The van der Waals surface area contributed by atoms with Gasteiger partial charge in [-0.25, -0.2) is 4.98 Å². The van der Waals surface area contributed by atoms with Crippen LogP contribution in [0, 0.1) is 0 Å². The smallest absolute Gasteiger partial charge is 0.149 e. The van der Waals surface area contributed by atoms with Gasteiger partial charge in [-0.2, -0.15) is 0 Å². The highest BCUT2D eigenvalue weighted by Crippen LogP contribution is 2.50. The Morgan fingerprint density at radius 1 is 0.488 bits per heavy atom. The fraction of sp³-hybridized carbons (Fsp3) is 0. The molecule has 198 valence electrons. The first-order valence-electron chi connectivity index (χ1n) is 14.7. The molecule has 0 saturated carbocycles. The van der Waals surface area contributed by atoms with Gasteiger partial charge < -0.3 is 0 Å². The van der Waals surface area contributed by atoms with E-state index < -0.39 is 0 Å². The molecule has 0 amide bonds. The summed E-state index contributed by atoms with van der Waals surface area (Å²) >= 11 is 1.88. The summed E-state index contributed by atoms with van der Waals surface area (Å²) in [5.74, 6) is 0. The van der Waals surface area contributed by atoms with Gasteiger partial charge >= 0.3 is 0 Å². The summed E-state index contributed by atoms with van der Waals surface area (Å²) in [5.41, 5.74) is 12.0. The van der Waals surface area contributed by atoms with Crippen LogP contribution in [0.1, 0.15) is 0 Å². The molecule has 0 radical (unpaired) electrons. The minimum absolute atomic E-state index is 1.01. The molecule has 0 fully saturated rings. The van der Waals surface area contributed by atoms with E-state index in [9.17, 15) is 0 Å². The summed E-state index contributed by atoms with van der Waals surface area (Å²) in [5, 5.41) is 7.66. The van der Waals surface area contributed by atoms with Gasteiger partial charge in [-0.15, -0.1) is 11.3 Å². The Kier molecular flexibility index (Phi) is 3.96. The van der Waals surface area contributed by atoms with Gasteiger partial charge in [0.2, 0.25) is 0 Å². The van der Waals surface area contributed by atoms with E-state index in [2.05, 4.69) is 136 Å². The van der Waals surface area contributed by atoms with E-state index in [0.29, 0.717) is 0 Å². The van der Waals surface area contributed by atoms with Crippen LogP contribution in [-0.4, -0.2) is 14.0 Å². The summed E-state index contributed by atoms with van der Waals surface area (Å²) < 4.78 is 7.51. The number of thiophene rings is 1. The highest BCUT2D eigenvalue weighted by molar-refractivity contribution is 7.27. The van der Waals surface area contributed by atoms with Crippen LogP contribution in [0.15, 0.2) is 127 Å². The van der Waals surface area contributed by atoms with Gasteiger partial charge in [0.1, 0.15) is 11.3 Å². The molecule has 1 aliphatic rings. The summed E-state index contributed by atoms with van der Waals surface area (Å²) in [6.07, 6.45) is 0. The fourth-order valence-electron chi connectivity index (χ4n) is 7.75. The SMILES string of the molecule is c1ccc2c(c1)-c1cccc3c(-n4c5ccccc5c5c6sc7ccccc7c6c6nc7ccccc7n6c54)ccc-2c13. The standard InChI is InChI=1S/C39H21N3S/c1-2-11-23-22(10-1)24-14-9-15-26-31(21-20-25(23)34(24)26)41-30-17-6-3-12-27(30)36-37-35(28-13-4-8-19-33(28)43-37)38-40-29-16-5-7-18-32(29)42(38)39(36)41/h1-21H. The van der Waals surface area contributed by atoms with Crippen molar-refractivity contribution in [1.29, 1.82) is 0 Å². The third kappa shape index (κ3) is 2.60. The quantitative estimate of drug-likeness (QED) is 0.195. The normalized spacial score (nSPS) is 12.7. The molecule has 1 aliphatic carbocycles. The van der Waals surface area contributed by atoms with E-state index in [-0.39, 0.29) is 0 Å². The number of nitrogens with zero attached hydrogens (tertiary/aromatic N) is 3. The van der Waals surface area contributed by atoms with Crippen molar-refractivity contribution in [3.8, 4) is 27.9 Å². The van der Waals surface area contributed by atoms with E-state index in [1.165, 1.54) is 80.8 Å². The maximum absolute atomic E-state index is 5.30. The van der Waals surface area contributed by atoms with E-state index in [1.54, 1.807) is 0 Å². The second kappa shape index (κ2) is 7.68. The number of rotatable bonds is 1. The van der Waals surface area contributed by atoms with Crippen LogP contribution in [0.4, 0.5) is 0 Å². The Morgan fingerprint density at radius 3 is 2.05 bits per heavy atom. The number of fused-ring (bicyclic) bond motifs is 15. The molecule has 10 aromatic rings. The predicted octanol–water partition coefficient (Wildman–Crippen LogP) is 10.8. The summed E-state index contributed by atoms with van der Waals surface area (Å²) in [4.78, 5) is 5.30. The Hall–Kier alpha value is -5.45. The molecule has 0 saturated heterocycles. The minimum atomic E-state index is 1.01. The lowest BCUT2D eigenvalue weighted by Gasteiger charge is -2.14. The van der Waals surface area contributed by atoms with Crippen molar-refractivity contribution >= 4 is 80.9 Å². The highest BCUT2D eigenvalue weighted by atomic mass is 32.1. The molecule has 0 atom stereocenters. The van der Waals surface area contributed by atoms with Crippen molar-refractivity contribution in [3.63, 3.8) is 0 Å². The fourth-order valence-corrected chi connectivity index (χ4v) is 9.00. The molecule has 6 aromatic carbocycles. The van der Waals surface area contributed by atoms with E-state index >= 15 is 0 Å². The number of para-hydroxylation sites is 3. The third-order valence-corrected chi connectivity index (χ3v) is 10.6. The molecule has 4 heterocycles. The average molecular weight is 564 g/mol. The number of benzene rings is 6. The van der Waals surface area contributed by atoms with Crippen LogP contribution >= 0.6 is 11.3 Å². The third-order valence-electron chi connectivity index (χ3n) is 9.43. The van der Waals surface area contributed by atoms with Crippen molar-refractivity contribution in [2.24, 2.45) is 0 Å². The van der Waals surface area contributed by atoms with Crippen LogP contribution in [0.5, 0.6) is 0 Å². The largest absolute Gasteiger partial charge is 0.294 e. The van der Waals surface area contributed by atoms with Gasteiger partial charge in [0.05, 0.1) is 26.9 Å². The lowest BCUT2D eigenvalue weighted by molar-refractivity contribution is 1.13. The number of pyridine rings is 1. The van der Waals surface area contributed by atoms with Gasteiger partial charge in [0.15, 0.2) is 0 Å². The number of aromatic nitrogens is 3. The predicted molar refractivity (Wildman–Crippen MR) is 182 cm³/mol. The second-order valence-corrected chi connectivity index (χ2v) is 12.6. The first-order valence-corrected chi connectivity index (χ1v) is 15.5. The van der Waals surface area contributed by atoms with Crippen LogP contribution in [0.3, 0.4) is 0 Å². The first-order chi connectivity index (χ1) is 21.4. The Morgan fingerprint density at radius 2 is 1.16 bits per heavy atom. The number of imidazole rings is 1. The first kappa shape index (κ1) is 22.2. The molecular weight excluding hydrogens is 543 g/mol. The Labute approximate surface area is 249 Å². The maximum atomic E-state index is 5.30. The van der Waals surface area contributed by atoms with Gasteiger partial charge in [0.25, 0.3) is 0 Å². The number of hydrogen-bond donors (Lipinski definition) is 0. The molecule has 0 unspecified atom stereocenters. The zero-order chi connectivity index (χ0) is 27.8. The van der Waals surface area contributed by atoms with Crippen molar-refractivity contribution in [2.75, 3.05) is 0 Å². The van der Waals surface area contributed by atoms with Gasteiger partial charge in [0, 0.05) is 31.6 Å². The minimum Gasteiger partial charge on any atom is -0.294 e. The van der Waals surface area contributed by atoms with E-state index in [1.807, 2.05) is 11.3 Å². The van der Waals surface area contributed by atoms with Gasteiger partial charge in [-0.05, 0) is 58.0 Å². The molecular formula is C39H21N3S. The number of hydrogen-bond acceptors (Lipinski definition) is 2. The van der Waals surface area contributed by atoms with E-state index in [0.717, 1.165) is 16.7 Å². The topological polar surface area (TPSA) is 22.2 Å². The van der Waals surface area contributed by atoms with Crippen molar-refractivity contribution in [1.82, 2.24) is 14.0 Å². The van der Waals surface area contributed by atoms with E-state index in [4.69, 9.17) is 4.98 Å². The van der Waals surface area contributed by atoms with Gasteiger partial charge in [-0.1, -0.05) is 97.1 Å². The molecule has 0 N–H and O–H groups in total. The zero-order valence-electron chi connectivity index (χ0n) is 22.9. The average Bonchev–Trinajstić information content (AvgIpc) is 3.80. The molecule has 0 bridgehead atoms. The summed E-state index contributed by atoms with van der Waals surface area (Å²) in [6.45, 7) is 0. The van der Waals surface area contributed by atoms with Crippen molar-refractivity contribution < 1.29 is 0 Å². The molecule has 0 aliphatic heterocycles. The van der Waals surface area contributed by atoms with Crippen molar-refractivity contribution in [3.05, 3.63) is 127 Å². The van der Waals surface area contributed by atoms with Crippen molar-refractivity contribution in [2.45, 2.75) is 0 Å². The zero-order valence-corrected chi connectivity index (χ0v) is 23.7. The molecule has 0 spiro atoms. The lowest BCUT2D eigenvalue weighted by atomic mass is 10.0. The van der Waals surface area contributed by atoms with Crippen LogP contribution in [0.25, 0.3) is 97.5 Å². The van der Waals surface area contributed by atoms with Crippen LogP contribution < -0.4 is 0 Å². The molecule has 4 heteroatoms. The Bertz CT molecular complexity index is 2790. The van der Waals surface area contributed by atoms with Gasteiger partial charge in [-0.3, -0.25) is 8.97 Å². The monoisotopic (exact) mass is 563 g/mol. The van der Waals surface area contributed by atoms with Crippen LogP contribution in [0.2, 0.25) is 0 Å². The summed E-state index contributed by atoms with van der Waals surface area (Å²) in [6, 6.07) is 46.5. The molecule has 43 heavy (non-hydrogen) atoms. The molecule has 4 aromatic heterocycles. The summed E-state index contributed by atoms with van der Waals surface area (Å²) in [7, 11) is 0. The molecule has 11 rings (SSSR count). The maximum Gasteiger partial charge on any atom is 0.149 e. The van der Waals surface area contributed by atoms with Crippen LogP contribution in [-0.2, 0) is 0 Å². The molecule has 3 nitrogen and oxygen atoms in total. The second-order valence-electron chi connectivity index (χ2n) is 11.5. The Balaban J connectivity index is 1.43.